The van der Waals surface area contributed by atoms with Crippen LogP contribution in [-0.4, -0.2) is 80.2 Å². The summed E-state index contributed by atoms with van der Waals surface area (Å²) in [6.45, 7) is 9.86. The molecular formula is C22H30N2O4. The monoisotopic (exact) mass is 386 g/mol. The number of benzene rings is 1. The summed E-state index contributed by atoms with van der Waals surface area (Å²) >= 11 is 0. The van der Waals surface area contributed by atoms with Crippen LogP contribution in [0.15, 0.2) is 18.2 Å². The Hall–Kier alpha value is -1.60. The van der Waals surface area contributed by atoms with Crippen molar-refractivity contribution in [1.82, 2.24) is 9.80 Å². The third-order valence-electron chi connectivity index (χ3n) is 6.87. The first kappa shape index (κ1) is 18.4. The number of hydrogen-bond donors (Lipinski definition) is 1. The number of aliphatic hydroxyl groups excluding tert-OH is 1. The zero-order valence-electron chi connectivity index (χ0n) is 16.8. The van der Waals surface area contributed by atoms with Crippen LogP contribution in [0.3, 0.4) is 0 Å². The number of nitrogens with zero attached hydrogens (tertiary/aromatic N) is 2. The lowest BCUT2D eigenvalue weighted by Crippen LogP contribution is -2.53. The molecule has 5 rings (SSSR count). The van der Waals surface area contributed by atoms with Crippen LogP contribution in [0.25, 0.3) is 0 Å². The van der Waals surface area contributed by atoms with Crippen LogP contribution >= 0.6 is 0 Å². The van der Waals surface area contributed by atoms with Crippen molar-refractivity contribution in [2.75, 3.05) is 53.0 Å². The highest BCUT2D eigenvalue weighted by Gasteiger charge is 2.54. The number of hydrogen-bond acceptors (Lipinski definition) is 6. The Morgan fingerprint density at radius 2 is 2.04 bits per heavy atom. The van der Waals surface area contributed by atoms with Crippen LogP contribution in [0.5, 0.6) is 11.5 Å². The van der Waals surface area contributed by atoms with Gasteiger partial charge in [-0.1, -0.05) is 12.2 Å². The Bertz CT molecular complexity index is 789. The van der Waals surface area contributed by atoms with Gasteiger partial charge in [-0.2, -0.15) is 0 Å². The minimum Gasteiger partial charge on any atom is -0.493 e. The van der Waals surface area contributed by atoms with Gasteiger partial charge in [0.2, 0.25) is 0 Å². The number of aryl methyl sites for hydroxylation is 1. The summed E-state index contributed by atoms with van der Waals surface area (Å²) in [5.74, 6) is 1.70. The van der Waals surface area contributed by atoms with Gasteiger partial charge >= 0.3 is 0 Å². The first-order valence-corrected chi connectivity index (χ1v) is 10.4. The highest BCUT2D eigenvalue weighted by molar-refractivity contribution is 5.64. The van der Waals surface area contributed by atoms with Gasteiger partial charge in [0.05, 0.1) is 31.8 Å². The smallest absolute Gasteiger partial charge is 0.166 e. The predicted molar refractivity (Wildman–Crippen MR) is 106 cm³/mol. The average molecular weight is 386 g/mol. The molecule has 0 bridgehead atoms. The van der Waals surface area contributed by atoms with Crippen molar-refractivity contribution in [1.29, 1.82) is 0 Å². The number of aliphatic hydroxyl groups is 1. The first-order valence-electron chi connectivity index (χ1n) is 10.4. The molecule has 2 unspecified atom stereocenters. The summed E-state index contributed by atoms with van der Waals surface area (Å²) in [7, 11) is 1.71. The quantitative estimate of drug-likeness (QED) is 0.791. The summed E-state index contributed by atoms with van der Waals surface area (Å²) in [4.78, 5) is 5.05. The van der Waals surface area contributed by atoms with E-state index in [1.54, 1.807) is 7.11 Å². The number of rotatable bonds is 4. The molecule has 1 aromatic carbocycles. The standard InChI is InChI=1S/C22H30N2O4/c1-15-11-18(26-2)21-20-17(15)13-24(6-5-23-7-9-27-10-8-23)14-22(20)4-3-16(25)12-19(22)28-21/h3-4,11,16,19,25H,5-10,12-14H2,1-2H3/t16-,19?,22?/m0/s1. The highest BCUT2D eigenvalue weighted by Crippen LogP contribution is 2.56. The van der Waals surface area contributed by atoms with Gasteiger partial charge < -0.3 is 19.3 Å². The zero-order chi connectivity index (χ0) is 19.3. The molecule has 0 aromatic heterocycles. The largest absolute Gasteiger partial charge is 0.493 e. The van der Waals surface area contributed by atoms with E-state index in [2.05, 4.69) is 28.9 Å². The van der Waals surface area contributed by atoms with Gasteiger partial charge in [-0.05, 0) is 24.1 Å². The molecule has 1 aromatic rings. The third kappa shape index (κ3) is 2.86. The predicted octanol–water partition coefficient (Wildman–Crippen LogP) is 1.47. The molecule has 3 atom stereocenters. The van der Waals surface area contributed by atoms with E-state index in [-0.39, 0.29) is 11.5 Å². The van der Waals surface area contributed by atoms with E-state index in [4.69, 9.17) is 14.2 Å². The second kappa shape index (κ2) is 7.02. The van der Waals surface area contributed by atoms with Gasteiger partial charge in [0.25, 0.3) is 0 Å². The number of morpholine rings is 1. The van der Waals surface area contributed by atoms with Crippen LogP contribution in [-0.2, 0) is 16.7 Å². The molecule has 28 heavy (non-hydrogen) atoms. The van der Waals surface area contributed by atoms with Crippen molar-refractivity contribution >= 4 is 0 Å². The average Bonchev–Trinajstić information content (AvgIpc) is 3.04. The Labute approximate surface area is 166 Å². The fourth-order valence-corrected chi connectivity index (χ4v) is 5.36. The summed E-state index contributed by atoms with van der Waals surface area (Å²) in [6.07, 6.45) is 4.32. The first-order chi connectivity index (χ1) is 13.6. The van der Waals surface area contributed by atoms with Crippen LogP contribution < -0.4 is 9.47 Å². The molecule has 3 heterocycles. The highest BCUT2D eigenvalue weighted by atomic mass is 16.5. The fraction of sp³-hybridized carbons (Fsp3) is 0.636. The number of methoxy groups -OCH3 is 1. The van der Waals surface area contributed by atoms with Crippen LogP contribution in [0.4, 0.5) is 0 Å². The van der Waals surface area contributed by atoms with E-state index in [1.165, 1.54) is 16.7 Å². The van der Waals surface area contributed by atoms with Gasteiger partial charge in [0.15, 0.2) is 11.5 Å². The van der Waals surface area contributed by atoms with Gasteiger partial charge in [0.1, 0.15) is 6.10 Å². The Balaban J connectivity index is 1.49. The van der Waals surface area contributed by atoms with Crippen LogP contribution in [0, 0.1) is 6.92 Å². The maximum absolute atomic E-state index is 10.2. The summed E-state index contributed by atoms with van der Waals surface area (Å²) in [6, 6.07) is 2.10. The van der Waals surface area contributed by atoms with E-state index in [9.17, 15) is 5.11 Å². The molecule has 0 saturated carbocycles. The SMILES string of the molecule is COc1cc(C)c2c3c1OC1C[C@@H](O)C=CC31CN(CCN1CCOCC1)C2. The Morgan fingerprint density at radius 1 is 1.25 bits per heavy atom. The molecule has 4 aliphatic rings. The van der Waals surface area contributed by atoms with Crippen molar-refractivity contribution in [3.8, 4) is 11.5 Å². The summed E-state index contributed by atoms with van der Waals surface area (Å²) < 4.78 is 17.6. The Morgan fingerprint density at radius 3 is 2.82 bits per heavy atom. The molecule has 1 spiro atoms. The van der Waals surface area contributed by atoms with E-state index in [1.807, 2.05) is 6.08 Å². The molecule has 1 fully saturated rings. The van der Waals surface area contributed by atoms with Crippen molar-refractivity contribution in [2.45, 2.75) is 37.5 Å². The van der Waals surface area contributed by atoms with E-state index < -0.39 is 6.10 Å². The van der Waals surface area contributed by atoms with Crippen molar-refractivity contribution in [3.05, 3.63) is 34.9 Å². The lowest BCUT2D eigenvalue weighted by molar-refractivity contribution is 0.0271. The van der Waals surface area contributed by atoms with Crippen molar-refractivity contribution in [3.63, 3.8) is 0 Å². The van der Waals surface area contributed by atoms with Crippen LogP contribution in [0.1, 0.15) is 23.1 Å². The molecule has 6 heteroatoms. The molecule has 6 nitrogen and oxygen atoms in total. The molecule has 1 N–H and O–H groups in total. The van der Waals surface area contributed by atoms with Gasteiger partial charge in [-0.25, -0.2) is 0 Å². The third-order valence-corrected chi connectivity index (χ3v) is 6.87. The second-order valence-electron chi connectivity index (χ2n) is 8.55. The topological polar surface area (TPSA) is 54.4 Å². The zero-order valence-corrected chi connectivity index (χ0v) is 16.8. The molecule has 1 aliphatic carbocycles. The van der Waals surface area contributed by atoms with Gasteiger partial charge in [0, 0.05) is 51.3 Å². The van der Waals surface area contributed by atoms with Crippen molar-refractivity contribution in [2.24, 2.45) is 0 Å². The maximum Gasteiger partial charge on any atom is 0.166 e. The van der Waals surface area contributed by atoms with Gasteiger partial charge in [-0.15, -0.1) is 0 Å². The lowest BCUT2D eigenvalue weighted by atomic mass is 9.68. The fourth-order valence-electron chi connectivity index (χ4n) is 5.36. The summed E-state index contributed by atoms with van der Waals surface area (Å²) in [5.41, 5.74) is 3.73. The second-order valence-corrected chi connectivity index (χ2v) is 8.55. The van der Waals surface area contributed by atoms with Gasteiger partial charge in [-0.3, -0.25) is 9.80 Å². The normalized spacial score (nSPS) is 32.0. The minimum absolute atomic E-state index is 0.0388. The lowest BCUT2D eigenvalue weighted by Gasteiger charge is -2.44. The molecule has 3 aliphatic heterocycles. The van der Waals surface area contributed by atoms with E-state index >= 15 is 0 Å². The Kier molecular flexibility index (Phi) is 4.62. The van der Waals surface area contributed by atoms with E-state index in [0.717, 1.165) is 64.0 Å². The van der Waals surface area contributed by atoms with Crippen LogP contribution in [0.2, 0.25) is 0 Å². The minimum atomic E-state index is -0.441. The summed E-state index contributed by atoms with van der Waals surface area (Å²) in [5, 5.41) is 10.2. The molecule has 1 saturated heterocycles. The molecule has 0 amide bonds. The maximum atomic E-state index is 10.2. The molecule has 152 valence electrons. The molecule has 0 radical (unpaired) electrons. The van der Waals surface area contributed by atoms with Crippen molar-refractivity contribution < 1.29 is 19.3 Å². The van der Waals surface area contributed by atoms with E-state index in [0.29, 0.717) is 6.42 Å². The molecular weight excluding hydrogens is 356 g/mol. The number of ether oxygens (including phenoxy) is 3.